The lowest BCUT2D eigenvalue weighted by Crippen LogP contribution is -2.31. The lowest BCUT2D eigenvalue weighted by Gasteiger charge is -2.31. The zero-order chi connectivity index (χ0) is 16.2. The molecule has 1 N–H and O–H groups in total. The standard InChI is InChI=1S/C16H14ClN3O2/c1-2-16(9-14(21)22,13-6-7-19-15(17)20-13)12-5-3-4-11(8-12)10-18/h3-8H,2,9H2,1H3,(H,21,22). The Morgan fingerprint density at radius 2 is 2.23 bits per heavy atom. The largest absolute Gasteiger partial charge is 0.481 e. The van der Waals surface area contributed by atoms with Gasteiger partial charge < -0.3 is 5.11 Å². The Hall–Kier alpha value is -2.45. The van der Waals surface area contributed by atoms with Gasteiger partial charge in [0.25, 0.3) is 0 Å². The van der Waals surface area contributed by atoms with Gasteiger partial charge >= 0.3 is 5.97 Å². The number of carboxylic acid groups (broad SMARTS) is 1. The number of nitrogens with zero attached hydrogens (tertiary/aromatic N) is 3. The van der Waals surface area contributed by atoms with E-state index in [1.807, 2.05) is 13.0 Å². The molecule has 0 saturated heterocycles. The second-order valence-corrected chi connectivity index (χ2v) is 5.25. The fraction of sp³-hybridized carbons (Fsp3) is 0.250. The summed E-state index contributed by atoms with van der Waals surface area (Å²) in [6, 6.07) is 10.7. The number of hydrogen-bond acceptors (Lipinski definition) is 4. The first-order valence-corrected chi connectivity index (χ1v) is 7.11. The molecule has 1 heterocycles. The van der Waals surface area contributed by atoms with Gasteiger partial charge in [-0.3, -0.25) is 4.79 Å². The molecule has 0 spiro atoms. The van der Waals surface area contributed by atoms with Gasteiger partial charge in [0, 0.05) is 11.6 Å². The molecule has 1 aromatic carbocycles. The Morgan fingerprint density at radius 3 is 2.82 bits per heavy atom. The minimum atomic E-state index is -0.945. The van der Waals surface area contributed by atoms with Crippen molar-refractivity contribution >= 4 is 17.6 Å². The molecule has 0 amide bonds. The third-order valence-corrected chi connectivity index (χ3v) is 3.90. The Bertz CT molecular complexity index is 742. The molecule has 0 bridgehead atoms. The lowest BCUT2D eigenvalue weighted by molar-refractivity contribution is -0.138. The van der Waals surface area contributed by atoms with Gasteiger partial charge in [-0.05, 0) is 41.8 Å². The quantitative estimate of drug-likeness (QED) is 0.856. The monoisotopic (exact) mass is 315 g/mol. The SMILES string of the molecule is CCC(CC(=O)O)(c1cccc(C#N)c1)c1ccnc(Cl)n1. The highest BCUT2D eigenvalue weighted by Crippen LogP contribution is 2.38. The second kappa shape index (κ2) is 6.54. The van der Waals surface area contributed by atoms with E-state index in [0.717, 1.165) is 5.56 Å². The molecule has 2 rings (SSSR count). The van der Waals surface area contributed by atoms with Gasteiger partial charge in [-0.15, -0.1) is 0 Å². The van der Waals surface area contributed by atoms with Crippen molar-refractivity contribution in [2.75, 3.05) is 0 Å². The van der Waals surface area contributed by atoms with Crippen LogP contribution in [0.1, 0.15) is 36.6 Å². The Labute approximate surface area is 133 Å². The molecule has 112 valence electrons. The zero-order valence-electron chi connectivity index (χ0n) is 12.0. The lowest BCUT2D eigenvalue weighted by atomic mass is 9.72. The van der Waals surface area contributed by atoms with Crippen LogP contribution in [0.4, 0.5) is 0 Å². The van der Waals surface area contributed by atoms with Gasteiger partial charge in [0.15, 0.2) is 0 Å². The normalized spacial score (nSPS) is 13.1. The molecule has 0 aliphatic rings. The number of aromatic nitrogens is 2. The van der Waals surface area contributed by atoms with Crippen LogP contribution in [0.25, 0.3) is 0 Å². The molecule has 2 aromatic rings. The maximum Gasteiger partial charge on any atom is 0.304 e. The van der Waals surface area contributed by atoms with E-state index in [0.29, 0.717) is 17.7 Å². The second-order valence-electron chi connectivity index (χ2n) is 4.91. The number of carbonyl (C=O) groups is 1. The van der Waals surface area contributed by atoms with Crippen molar-refractivity contribution < 1.29 is 9.90 Å². The predicted octanol–water partition coefficient (Wildman–Crippen LogP) is 3.17. The average molecular weight is 316 g/mol. The van der Waals surface area contributed by atoms with Crippen LogP contribution in [0, 0.1) is 11.3 Å². The van der Waals surface area contributed by atoms with Crippen molar-refractivity contribution in [3.63, 3.8) is 0 Å². The average Bonchev–Trinajstić information content (AvgIpc) is 2.52. The van der Waals surface area contributed by atoms with Crippen molar-refractivity contribution in [1.82, 2.24) is 9.97 Å². The fourth-order valence-corrected chi connectivity index (χ4v) is 2.74. The first-order valence-electron chi connectivity index (χ1n) is 6.73. The van der Waals surface area contributed by atoms with Gasteiger partial charge in [-0.1, -0.05) is 19.1 Å². The van der Waals surface area contributed by atoms with Crippen LogP contribution >= 0.6 is 11.6 Å². The molecular weight excluding hydrogens is 302 g/mol. The number of benzene rings is 1. The smallest absolute Gasteiger partial charge is 0.304 e. The van der Waals surface area contributed by atoms with Crippen molar-refractivity contribution in [2.45, 2.75) is 25.2 Å². The molecule has 0 aliphatic carbocycles. The third kappa shape index (κ3) is 3.07. The summed E-state index contributed by atoms with van der Waals surface area (Å²) >= 11 is 5.87. The molecule has 6 heteroatoms. The molecule has 5 nitrogen and oxygen atoms in total. The highest BCUT2D eigenvalue weighted by molar-refractivity contribution is 6.28. The van der Waals surface area contributed by atoms with Crippen LogP contribution < -0.4 is 0 Å². The van der Waals surface area contributed by atoms with Crippen molar-refractivity contribution in [2.24, 2.45) is 0 Å². The maximum atomic E-state index is 11.4. The number of carboxylic acids is 1. The minimum absolute atomic E-state index is 0.0668. The van der Waals surface area contributed by atoms with Crippen molar-refractivity contribution in [1.29, 1.82) is 5.26 Å². The summed E-state index contributed by atoms with van der Waals surface area (Å²) in [6.45, 7) is 1.89. The summed E-state index contributed by atoms with van der Waals surface area (Å²) in [6.07, 6.45) is 1.86. The topological polar surface area (TPSA) is 86.9 Å². The van der Waals surface area contributed by atoms with E-state index in [2.05, 4.69) is 16.0 Å². The molecule has 1 atom stereocenters. The predicted molar refractivity (Wildman–Crippen MR) is 81.5 cm³/mol. The van der Waals surface area contributed by atoms with E-state index in [1.54, 1.807) is 24.3 Å². The summed E-state index contributed by atoms with van der Waals surface area (Å²) in [5.74, 6) is -0.945. The number of halogens is 1. The number of aliphatic carboxylic acids is 1. The van der Waals surface area contributed by atoms with Gasteiger partial charge in [0.05, 0.1) is 23.7 Å². The number of rotatable bonds is 5. The maximum absolute atomic E-state index is 11.4. The summed E-state index contributed by atoms with van der Waals surface area (Å²) in [4.78, 5) is 19.5. The number of hydrogen-bond donors (Lipinski definition) is 1. The first kappa shape index (κ1) is 15.9. The van der Waals surface area contributed by atoms with E-state index in [-0.39, 0.29) is 11.7 Å². The van der Waals surface area contributed by atoms with Crippen LogP contribution in [0.3, 0.4) is 0 Å². The molecular formula is C16H14ClN3O2. The highest BCUT2D eigenvalue weighted by Gasteiger charge is 2.37. The Morgan fingerprint density at radius 1 is 1.45 bits per heavy atom. The van der Waals surface area contributed by atoms with Crippen molar-refractivity contribution in [3.05, 3.63) is 58.6 Å². The van der Waals surface area contributed by atoms with Crippen LogP contribution in [0.2, 0.25) is 5.28 Å². The molecule has 0 saturated carbocycles. The molecule has 1 aromatic heterocycles. The summed E-state index contributed by atoms with van der Waals surface area (Å²) in [7, 11) is 0. The third-order valence-electron chi connectivity index (χ3n) is 3.72. The highest BCUT2D eigenvalue weighted by atomic mass is 35.5. The molecule has 22 heavy (non-hydrogen) atoms. The zero-order valence-corrected chi connectivity index (χ0v) is 12.7. The summed E-state index contributed by atoms with van der Waals surface area (Å²) < 4.78 is 0. The Kier molecular flexibility index (Phi) is 4.74. The van der Waals surface area contributed by atoms with Gasteiger partial charge in [-0.25, -0.2) is 9.97 Å². The van der Waals surface area contributed by atoms with Gasteiger partial charge in [0.1, 0.15) is 0 Å². The van der Waals surface area contributed by atoms with Crippen LogP contribution in [0.15, 0.2) is 36.5 Å². The number of nitriles is 1. The molecule has 0 fully saturated rings. The first-order chi connectivity index (χ1) is 10.5. The van der Waals surface area contributed by atoms with Gasteiger partial charge in [0.2, 0.25) is 5.28 Å². The van der Waals surface area contributed by atoms with Gasteiger partial charge in [-0.2, -0.15) is 5.26 Å². The van der Waals surface area contributed by atoms with Crippen LogP contribution in [-0.2, 0) is 10.2 Å². The summed E-state index contributed by atoms with van der Waals surface area (Å²) in [5.41, 5.74) is 0.880. The molecule has 0 aliphatic heterocycles. The van der Waals surface area contributed by atoms with E-state index in [1.165, 1.54) is 6.20 Å². The van der Waals surface area contributed by atoms with E-state index in [9.17, 15) is 9.90 Å². The fourth-order valence-electron chi connectivity index (χ4n) is 2.60. The minimum Gasteiger partial charge on any atom is -0.481 e. The van der Waals surface area contributed by atoms with E-state index >= 15 is 0 Å². The Balaban J connectivity index is 2.68. The summed E-state index contributed by atoms with van der Waals surface area (Å²) in [5, 5.41) is 18.5. The van der Waals surface area contributed by atoms with Crippen LogP contribution in [0.5, 0.6) is 0 Å². The van der Waals surface area contributed by atoms with Crippen LogP contribution in [-0.4, -0.2) is 21.0 Å². The van der Waals surface area contributed by atoms with E-state index in [4.69, 9.17) is 16.9 Å². The molecule has 0 radical (unpaired) electrons. The van der Waals surface area contributed by atoms with Crippen molar-refractivity contribution in [3.8, 4) is 6.07 Å². The molecule has 1 unspecified atom stereocenters. The van der Waals surface area contributed by atoms with E-state index < -0.39 is 11.4 Å².